The van der Waals surface area contributed by atoms with Crippen molar-refractivity contribution in [1.29, 1.82) is 0 Å². The van der Waals surface area contributed by atoms with E-state index in [-0.39, 0.29) is 16.4 Å². The number of fused-ring (bicyclic) bond motifs is 1. The Hall–Kier alpha value is -3.32. The van der Waals surface area contributed by atoms with Crippen LogP contribution >= 0.6 is 12.2 Å². The summed E-state index contributed by atoms with van der Waals surface area (Å²) in [4.78, 5) is 22.3. The second kappa shape index (κ2) is 7.06. The molecule has 0 heterocycles. The molecule has 0 spiro atoms. The average molecular weight is 351 g/mol. The number of carbonyl (C=O) groups excluding carboxylic acids is 1. The number of rotatable bonds is 3. The van der Waals surface area contributed by atoms with Crippen LogP contribution in [0.5, 0.6) is 0 Å². The Bertz CT molecular complexity index is 965. The van der Waals surface area contributed by atoms with Gasteiger partial charge in [-0.15, -0.1) is 0 Å². The van der Waals surface area contributed by atoms with Gasteiger partial charge in [0.15, 0.2) is 5.11 Å². The number of non-ortho nitro benzene ring substituents is 1. The summed E-state index contributed by atoms with van der Waals surface area (Å²) in [6, 6.07) is 18.9. The highest BCUT2D eigenvalue weighted by atomic mass is 32.1. The number of hydrogen-bond donors (Lipinski definition) is 2. The van der Waals surface area contributed by atoms with Crippen molar-refractivity contribution in [3.8, 4) is 0 Å². The lowest BCUT2D eigenvalue weighted by Gasteiger charge is -2.11. The largest absolute Gasteiger partial charge is 0.332 e. The van der Waals surface area contributed by atoms with Gasteiger partial charge in [-0.2, -0.15) is 0 Å². The van der Waals surface area contributed by atoms with Crippen LogP contribution in [0.4, 0.5) is 11.4 Å². The van der Waals surface area contributed by atoms with E-state index in [2.05, 4.69) is 10.6 Å². The highest BCUT2D eigenvalue weighted by Crippen LogP contribution is 2.22. The maximum Gasteiger partial charge on any atom is 0.269 e. The fourth-order valence-electron chi connectivity index (χ4n) is 2.40. The minimum absolute atomic E-state index is 0.0759. The predicted octanol–water partition coefficient (Wildman–Crippen LogP) is 3.87. The third kappa shape index (κ3) is 3.78. The lowest BCUT2D eigenvalue weighted by atomic mass is 10.1. The van der Waals surface area contributed by atoms with Crippen molar-refractivity contribution in [2.45, 2.75) is 0 Å². The van der Waals surface area contributed by atoms with Crippen LogP contribution in [-0.4, -0.2) is 15.9 Å². The summed E-state index contributed by atoms with van der Waals surface area (Å²) in [6.45, 7) is 0. The Balaban J connectivity index is 1.71. The zero-order chi connectivity index (χ0) is 17.8. The van der Waals surface area contributed by atoms with Crippen LogP contribution in [0.2, 0.25) is 0 Å². The van der Waals surface area contributed by atoms with Gasteiger partial charge in [0.05, 0.1) is 4.92 Å². The van der Waals surface area contributed by atoms with Gasteiger partial charge in [-0.3, -0.25) is 20.2 Å². The first-order valence-corrected chi connectivity index (χ1v) is 7.80. The van der Waals surface area contributed by atoms with E-state index in [9.17, 15) is 14.9 Å². The van der Waals surface area contributed by atoms with E-state index in [0.29, 0.717) is 0 Å². The molecule has 1 amide bonds. The zero-order valence-electron chi connectivity index (χ0n) is 12.9. The van der Waals surface area contributed by atoms with Gasteiger partial charge in [-0.05, 0) is 35.8 Å². The van der Waals surface area contributed by atoms with Crippen LogP contribution in [0.25, 0.3) is 10.8 Å². The highest BCUT2D eigenvalue weighted by Gasteiger charge is 2.11. The molecule has 0 aliphatic rings. The molecule has 6 nitrogen and oxygen atoms in total. The molecule has 0 aliphatic carbocycles. The number of hydrogen-bond acceptors (Lipinski definition) is 4. The first-order chi connectivity index (χ1) is 12.0. The van der Waals surface area contributed by atoms with Gasteiger partial charge in [0, 0.05) is 28.8 Å². The van der Waals surface area contributed by atoms with Crippen molar-refractivity contribution in [2.75, 3.05) is 5.32 Å². The van der Waals surface area contributed by atoms with Gasteiger partial charge in [0.2, 0.25) is 0 Å². The average Bonchev–Trinajstić information content (AvgIpc) is 2.62. The molecule has 0 radical (unpaired) electrons. The minimum Gasteiger partial charge on any atom is -0.332 e. The number of nitrogens with one attached hydrogen (secondary N) is 2. The topological polar surface area (TPSA) is 84.3 Å². The van der Waals surface area contributed by atoms with E-state index in [0.717, 1.165) is 16.5 Å². The molecule has 3 aromatic rings. The Labute approximate surface area is 148 Å². The summed E-state index contributed by atoms with van der Waals surface area (Å²) < 4.78 is 0. The molecule has 0 saturated carbocycles. The second-order valence-corrected chi connectivity index (χ2v) is 5.65. The third-order valence-corrected chi connectivity index (χ3v) is 3.81. The Morgan fingerprint density at radius 3 is 2.36 bits per heavy atom. The van der Waals surface area contributed by atoms with Crippen molar-refractivity contribution in [3.63, 3.8) is 0 Å². The van der Waals surface area contributed by atoms with Gasteiger partial charge in [0.25, 0.3) is 11.6 Å². The van der Waals surface area contributed by atoms with Gasteiger partial charge < -0.3 is 5.32 Å². The first-order valence-electron chi connectivity index (χ1n) is 7.39. The summed E-state index contributed by atoms with van der Waals surface area (Å²) in [5.41, 5.74) is 0.993. The molecule has 0 aliphatic heterocycles. The van der Waals surface area contributed by atoms with E-state index in [1.807, 2.05) is 42.5 Å². The number of nitro groups is 1. The Morgan fingerprint density at radius 1 is 0.960 bits per heavy atom. The molecule has 124 valence electrons. The maximum atomic E-state index is 12.2. The fraction of sp³-hybridized carbons (Fsp3) is 0. The zero-order valence-corrected chi connectivity index (χ0v) is 13.7. The number of carbonyl (C=O) groups is 1. The van der Waals surface area contributed by atoms with Gasteiger partial charge in [-0.25, -0.2) is 0 Å². The monoisotopic (exact) mass is 351 g/mol. The van der Waals surface area contributed by atoms with Crippen LogP contribution < -0.4 is 10.6 Å². The number of nitro benzene ring substituents is 1. The summed E-state index contributed by atoms with van der Waals surface area (Å²) in [7, 11) is 0. The van der Waals surface area contributed by atoms with Crippen molar-refractivity contribution in [1.82, 2.24) is 5.32 Å². The Morgan fingerprint density at radius 2 is 1.64 bits per heavy atom. The molecule has 0 fully saturated rings. The molecule has 0 bridgehead atoms. The summed E-state index contributed by atoms with van der Waals surface area (Å²) in [5, 5.41) is 18.4. The number of amides is 1. The van der Waals surface area contributed by atoms with Gasteiger partial charge in [-0.1, -0.05) is 36.4 Å². The molecule has 25 heavy (non-hydrogen) atoms. The molecular formula is C18H13N3O3S. The number of benzene rings is 3. The minimum atomic E-state index is -0.519. The van der Waals surface area contributed by atoms with E-state index < -0.39 is 10.8 Å². The fourth-order valence-corrected chi connectivity index (χ4v) is 2.60. The molecular weight excluding hydrogens is 338 g/mol. The summed E-state index contributed by atoms with van der Waals surface area (Å²) >= 11 is 5.19. The third-order valence-electron chi connectivity index (χ3n) is 3.61. The van der Waals surface area contributed by atoms with Gasteiger partial charge in [0.1, 0.15) is 0 Å². The van der Waals surface area contributed by atoms with Crippen LogP contribution in [0.1, 0.15) is 10.4 Å². The second-order valence-electron chi connectivity index (χ2n) is 5.24. The molecule has 2 N–H and O–H groups in total. The van der Waals surface area contributed by atoms with Crippen molar-refractivity contribution in [2.24, 2.45) is 0 Å². The van der Waals surface area contributed by atoms with Crippen LogP contribution in [0.3, 0.4) is 0 Å². The van der Waals surface area contributed by atoms with E-state index in [1.165, 1.54) is 24.3 Å². The normalized spacial score (nSPS) is 10.2. The number of anilines is 1. The van der Waals surface area contributed by atoms with E-state index in [4.69, 9.17) is 12.2 Å². The van der Waals surface area contributed by atoms with Crippen LogP contribution in [-0.2, 0) is 0 Å². The lowest BCUT2D eigenvalue weighted by molar-refractivity contribution is -0.384. The molecule has 3 aromatic carbocycles. The molecule has 7 heteroatoms. The lowest BCUT2D eigenvalue weighted by Crippen LogP contribution is -2.34. The van der Waals surface area contributed by atoms with Crippen molar-refractivity contribution in [3.05, 3.63) is 82.4 Å². The molecule has 0 unspecified atom stereocenters. The molecule has 0 aromatic heterocycles. The van der Waals surface area contributed by atoms with Gasteiger partial charge >= 0.3 is 0 Å². The summed E-state index contributed by atoms with van der Waals surface area (Å²) in [6.07, 6.45) is 0. The van der Waals surface area contributed by atoms with Crippen LogP contribution in [0.15, 0.2) is 66.7 Å². The smallest absolute Gasteiger partial charge is 0.269 e. The number of nitrogens with zero attached hydrogens (tertiary/aromatic N) is 1. The molecule has 0 saturated heterocycles. The highest BCUT2D eigenvalue weighted by molar-refractivity contribution is 7.80. The standard InChI is InChI=1S/C18H13N3O3S/c22-17(13-8-10-14(11-9-13)21(23)24)20-18(25)19-16-7-3-5-12-4-1-2-6-15(12)16/h1-11H,(H2,19,20,22,25). The maximum absolute atomic E-state index is 12.2. The number of thiocarbonyl (C=S) groups is 1. The van der Waals surface area contributed by atoms with E-state index >= 15 is 0 Å². The Kier molecular flexibility index (Phi) is 4.67. The molecule has 3 rings (SSSR count). The SMILES string of the molecule is O=C(NC(=S)Nc1cccc2ccccc12)c1ccc([N+](=O)[O-])cc1. The van der Waals surface area contributed by atoms with E-state index in [1.54, 1.807) is 0 Å². The van der Waals surface area contributed by atoms with Crippen molar-refractivity contribution < 1.29 is 9.72 Å². The first kappa shape index (κ1) is 16.5. The summed E-state index contributed by atoms with van der Waals surface area (Å²) in [5.74, 6) is -0.437. The van der Waals surface area contributed by atoms with Crippen LogP contribution in [0, 0.1) is 10.1 Å². The predicted molar refractivity (Wildman–Crippen MR) is 101 cm³/mol. The van der Waals surface area contributed by atoms with Crippen molar-refractivity contribution >= 4 is 45.4 Å². The molecule has 0 atom stereocenters. The quantitative estimate of drug-likeness (QED) is 0.425.